The molecule has 2 N–H and O–H groups in total. The number of halogens is 3. The van der Waals surface area contributed by atoms with Crippen molar-refractivity contribution in [1.82, 2.24) is 25.3 Å². The summed E-state index contributed by atoms with van der Waals surface area (Å²) >= 11 is 0. The largest absolute Gasteiger partial charge is 0.433 e. The number of rotatable bonds is 5. The molecule has 4 rings (SSSR count). The molecular weight excluding hydrogens is 473 g/mol. The molecule has 0 bridgehead atoms. The fourth-order valence-electron chi connectivity index (χ4n) is 3.38. The minimum atomic E-state index is -4.66. The number of amides is 2. The van der Waals surface area contributed by atoms with Gasteiger partial charge in [0.1, 0.15) is 11.4 Å². The number of aromatic nitrogens is 4. The average molecular weight is 492 g/mol. The molecule has 0 saturated heterocycles. The molecule has 3 heterocycles. The van der Waals surface area contributed by atoms with Crippen molar-refractivity contribution in [2.45, 2.75) is 13.1 Å². The predicted octanol–water partition coefficient (Wildman–Crippen LogP) is 4.54. The molecule has 182 valence electrons. The standard InChI is InChI=1S/C25H19F3N6O2/c1-14-3-4-17(33-23(35)16-6-8-32-22(10-16)25(26,27)28)11-18(14)21-13-30-12-20(34-21)15-5-7-31-19(9-15)24(36)29-2/h3-13H,1-2H3,(H,29,36)(H,33,35). The van der Waals surface area contributed by atoms with E-state index in [4.69, 9.17) is 0 Å². The molecule has 3 aromatic heterocycles. The summed E-state index contributed by atoms with van der Waals surface area (Å²) in [6.07, 6.45) is 0.881. The first-order valence-electron chi connectivity index (χ1n) is 10.6. The molecule has 0 fully saturated rings. The van der Waals surface area contributed by atoms with E-state index in [9.17, 15) is 22.8 Å². The van der Waals surface area contributed by atoms with Gasteiger partial charge in [-0.15, -0.1) is 0 Å². The van der Waals surface area contributed by atoms with Gasteiger partial charge in [0.15, 0.2) is 0 Å². The van der Waals surface area contributed by atoms with Crippen molar-refractivity contribution in [3.63, 3.8) is 0 Å². The molecule has 2 amide bonds. The number of nitrogens with one attached hydrogen (secondary N) is 2. The van der Waals surface area contributed by atoms with Gasteiger partial charge in [-0.1, -0.05) is 6.07 Å². The van der Waals surface area contributed by atoms with Gasteiger partial charge >= 0.3 is 6.18 Å². The second kappa shape index (κ2) is 9.90. The molecule has 11 heteroatoms. The molecular formula is C25H19F3N6O2. The molecule has 4 aromatic rings. The van der Waals surface area contributed by atoms with E-state index in [1.54, 1.807) is 42.7 Å². The maximum absolute atomic E-state index is 12.9. The number of hydrogen-bond donors (Lipinski definition) is 2. The van der Waals surface area contributed by atoms with Crippen molar-refractivity contribution in [3.8, 4) is 22.5 Å². The fraction of sp³-hybridized carbons (Fsp3) is 0.120. The van der Waals surface area contributed by atoms with Crippen LogP contribution in [0, 0.1) is 6.92 Å². The molecule has 8 nitrogen and oxygen atoms in total. The Hall–Kier alpha value is -4.67. The van der Waals surface area contributed by atoms with E-state index in [1.807, 2.05) is 6.92 Å². The fourth-order valence-corrected chi connectivity index (χ4v) is 3.38. The van der Waals surface area contributed by atoms with Crippen LogP contribution in [0.1, 0.15) is 32.1 Å². The first-order chi connectivity index (χ1) is 17.2. The molecule has 0 spiro atoms. The quantitative estimate of drug-likeness (QED) is 0.423. The zero-order chi connectivity index (χ0) is 25.9. The SMILES string of the molecule is CNC(=O)c1cc(-c2cncc(-c3cc(NC(=O)c4ccnc(C(F)(F)F)c4)ccc3C)n2)ccn1. The van der Waals surface area contributed by atoms with Gasteiger partial charge in [-0.3, -0.25) is 24.5 Å². The van der Waals surface area contributed by atoms with Gasteiger partial charge in [-0.05, 0) is 48.9 Å². The highest BCUT2D eigenvalue weighted by Gasteiger charge is 2.33. The van der Waals surface area contributed by atoms with Gasteiger partial charge in [0, 0.05) is 41.8 Å². The van der Waals surface area contributed by atoms with Crippen LogP contribution in [0.15, 0.2) is 67.3 Å². The summed E-state index contributed by atoms with van der Waals surface area (Å²) in [5.41, 5.74) is 2.41. The van der Waals surface area contributed by atoms with Crippen LogP contribution in [-0.4, -0.2) is 38.8 Å². The number of alkyl halides is 3. The highest BCUT2D eigenvalue weighted by atomic mass is 19.4. The van der Waals surface area contributed by atoms with Crippen molar-refractivity contribution >= 4 is 17.5 Å². The Labute approximate surface area is 203 Å². The second-order valence-corrected chi connectivity index (χ2v) is 7.71. The Bertz CT molecular complexity index is 1460. The minimum Gasteiger partial charge on any atom is -0.354 e. The van der Waals surface area contributed by atoms with Gasteiger partial charge in [-0.2, -0.15) is 13.2 Å². The number of hydrogen-bond acceptors (Lipinski definition) is 6. The Morgan fingerprint density at radius 1 is 0.889 bits per heavy atom. The van der Waals surface area contributed by atoms with Crippen molar-refractivity contribution in [1.29, 1.82) is 0 Å². The normalized spacial score (nSPS) is 11.1. The second-order valence-electron chi connectivity index (χ2n) is 7.71. The van der Waals surface area contributed by atoms with Crippen LogP contribution in [0.3, 0.4) is 0 Å². The maximum Gasteiger partial charge on any atom is 0.433 e. The Morgan fingerprint density at radius 3 is 2.39 bits per heavy atom. The van der Waals surface area contributed by atoms with Gasteiger partial charge in [0.05, 0.1) is 23.8 Å². The zero-order valence-corrected chi connectivity index (χ0v) is 19.1. The van der Waals surface area contributed by atoms with Crippen LogP contribution in [0.2, 0.25) is 0 Å². The van der Waals surface area contributed by atoms with Crippen molar-refractivity contribution in [2.75, 3.05) is 12.4 Å². The summed E-state index contributed by atoms with van der Waals surface area (Å²) in [6, 6.07) is 10.3. The minimum absolute atomic E-state index is 0.175. The zero-order valence-electron chi connectivity index (χ0n) is 19.1. The smallest absolute Gasteiger partial charge is 0.354 e. The average Bonchev–Trinajstić information content (AvgIpc) is 2.89. The Morgan fingerprint density at radius 2 is 1.64 bits per heavy atom. The lowest BCUT2D eigenvalue weighted by Crippen LogP contribution is -2.19. The van der Waals surface area contributed by atoms with Gasteiger partial charge in [0.25, 0.3) is 11.8 Å². The van der Waals surface area contributed by atoms with E-state index in [0.717, 1.165) is 11.8 Å². The van der Waals surface area contributed by atoms with Crippen LogP contribution in [0.5, 0.6) is 0 Å². The highest BCUT2D eigenvalue weighted by molar-refractivity contribution is 6.04. The van der Waals surface area contributed by atoms with E-state index in [-0.39, 0.29) is 17.2 Å². The van der Waals surface area contributed by atoms with E-state index in [2.05, 4.69) is 30.6 Å². The lowest BCUT2D eigenvalue weighted by molar-refractivity contribution is -0.141. The third kappa shape index (κ3) is 5.35. The van der Waals surface area contributed by atoms with Crippen LogP contribution in [0.25, 0.3) is 22.5 Å². The summed E-state index contributed by atoms with van der Waals surface area (Å²) in [6.45, 7) is 1.85. The van der Waals surface area contributed by atoms with Crippen molar-refractivity contribution < 1.29 is 22.8 Å². The molecule has 0 aliphatic carbocycles. The molecule has 36 heavy (non-hydrogen) atoms. The third-order valence-electron chi connectivity index (χ3n) is 5.23. The topological polar surface area (TPSA) is 110 Å². The van der Waals surface area contributed by atoms with Crippen LogP contribution in [-0.2, 0) is 6.18 Å². The highest BCUT2D eigenvalue weighted by Crippen LogP contribution is 2.29. The first kappa shape index (κ1) is 24.5. The number of pyridine rings is 2. The molecule has 1 aromatic carbocycles. The molecule has 0 aliphatic heterocycles. The first-order valence-corrected chi connectivity index (χ1v) is 10.6. The lowest BCUT2D eigenvalue weighted by atomic mass is 10.0. The predicted molar refractivity (Wildman–Crippen MR) is 126 cm³/mol. The van der Waals surface area contributed by atoms with Crippen LogP contribution in [0.4, 0.5) is 18.9 Å². The van der Waals surface area contributed by atoms with E-state index in [0.29, 0.717) is 34.3 Å². The summed E-state index contributed by atoms with van der Waals surface area (Å²) < 4.78 is 38.8. The monoisotopic (exact) mass is 492 g/mol. The lowest BCUT2D eigenvalue weighted by Gasteiger charge is -2.12. The molecule has 0 radical (unpaired) electrons. The summed E-state index contributed by atoms with van der Waals surface area (Å²) in [4.78, 5) is 40.8. The molecule has 0 saturated carbocycles. The summed E-state index contributed by atoms with van der Waals surface area (Å²) in [5.74, 6) is -1.05. The molecule has 0 aliphatic rings. The van der Waals surface area contributed by atoms with Gasteiger partial charge in [-0.25, -0.2) is 4.98 Å². The van der Waals surface area contributed by atoms with Crippen LogP contribution < -0.4 is 10.6 Å². The van der Waals surface area contributed by atoms with E-state index in [1.165, 1.54) is 19.3 Å². The van der Waals surface area contributed by atoms with Crippen molar-refractivity contribution in [2.24, 2.45) is 0 Å². The summed E-state index contributed by atoms with van der Waals surface area (Å²) in [7, 11) is 1.51. The number of aryl methyl sites for hydroxylation is 1. The Kier molecular flexibility index (Phi) is 6.73. The van der Waals surface area contributed by atoms with E-state index < -0.39 is 17.8 Å². The summed E-state index contributed by atoms with van der Waals surface area (Å²) in [5, 5.41) is 5.13. The molecule has 0 unspecified atom stereocenters. The number of benzene rings is 1. The van der Waals surface area contributed by atoms with Gasteiger partial charge < -0.3 is 10.6 Å². The molecule has 0 atom stereocenters. The Balaban J connectivity index is 1.63. The number of nitrogens with zero attached hydrogens (tertiary/aromatic N) is 4. The van der Waals surface area contributed by atoms with E-state index >= 15 is 0 Å². The van der Waals surface area contributed by atoms with Crippen LogP contribution >= 0.6 is 0 Å². The van der Waals surface area contributed by atoms with Gasteiger partial charge in [0.2, 0.25) is 0 Å². The number of carbonyl (C=O) groups excluding carboxylic acids is 2. The number of carbonyl (C=O) groups is 2. The number of anilines is 1. The third-order valence-corrected chi connectivity index (χ3v) is 5.23. The maximum atomic E-state index is 12.9. The van der Waals surface area contributed by atoms with Crippen molar-refractivity contribution in [3.05, 3.63) is 89.8 Å².